The van der Waals surface area contributed by atoms with E-state index in [1.54, 1.807) is 12.1 Å². The Hall–Kier alpha value is -2.58. The first-order chi connectivity index (χ1) is 17.0. The van der Waals surface area contributed by atoms with Crippen molar-refractivity contribution in [1.82, 2.24) is 0 Å². The molecule has 36 heavy (non-hydrogen) atoms. The van der Waals surface area contributed by atoms with Gasteiger partial charge in [0.15, 0.2) is 0 Å². The maximum atomic E-state index is 13.9. The molecule has 3 aliphatic carbocycles. The fraction of sp³-hybridized carbons (Fsp3) is 0.357. The van der Waals surface area contributed by atoms with Gasteiger partial charge in [-0.05, 0) is 88.0 Å². The molecule has 2 bridgehead atoms. The Morgan fingerprint density at radius 2 is 1.08 bits per heavy atom. The van der Waals surface area contributed by atoms with Gasteiger partial charge in [-0.2, -0.15) is 0 Å². The normalized spacial score (nSPS) is 32.8. The van der Waals surface area contributed by atoms with E-state index in [0.29, 0.717) is 20.3 Å². The molecule has 4 amide bonds. The van der Waals surface area contributed by atoms with E-state index in [1.165, 1.54) is 9.80 Å². The minimum atomic E-state index is -0.953. The van der Waals surface area contributed by atoms with Gasteiger partial charge in [0.05, 0.1) is 35.0 Å². The number of aryl methyl sites for hydroxylation is 2. The lowest BCUT2D eigenvalue weighted by Crippen LogP contribution is -2.57. The molecule has 3 fully saturated rings. The second kappa shape index (κ2) is 7.71. The molecule has 0 N–H and O–H groups in total. The molecule has 7 rings (SSSR count). The second-order valence-corrected chi connectivity index (χ2v) is 12.4. The molecule has 2 aromatic carbocycles. The van der Waals surface area contributed by atoms with E-state index < -0.39 is 35.0 Å². The standard InChI is InChI=1S/C28H24Br2N2O4/c1-12-5-7-17(15(29)9-12)31-24(33)20-19-14(3)11-28(4,22(20)26(31)35)23-21(19)25(34)32(27(23)36)18-8-6-13(2)10-16(18)30/h5-11,19-23H,1-4H3/t19?,20-,21+,22-,23?,28?/m0/s1. The summed E-state index contributed by atoms with van der Waals surface area (Å²) in [5.41, 5.74) is 2.94. The summed E-state index contributed by atoms with van der Waals surface area (Å²) in [5, 5.41) is 0. The smallest absolute Gasteiger partial charge is 0.238 e. The minimum Gasteiger partial charge on any atom is -0.274 e. The fourth-order valence-corrected chi connectivity index (χ4v) is 8.57. The number of hydrogen-bond acceptors (Lipinski definition) is 4. The number of rotatable bonds is 2. The number of anilines is 2. The number of carbonyl (C=O) groups excluding carboxylic acids is 4. The van der Waals surface area contributed by atoms with Crippen LogP contribution in [0.1, 0.15) is 25.0 Å². The average molecular weight is 612 g/mol. The molecule has 0 aromatic heterocycles. The highest BCUT2D eigenvalue weighted by Crippen LogP contribution is 2.66. The molecule has 184 valence electrons. The van der Waals surface area contributed by atoms with Crippen LogP contribution in [-0.2, 0) is 19.2 Å². The molecule has 3 unspecified atom stereocenters. The molecule has 6 atom stereocenters. The Morgan fingerprint density at radius 3 is 1.47 bits per heavy atom. The van der Waals surface area contributed by atoms with E-state index in [1.807, 2.05) is 58.0 Å². The monoisotopic (exact) mass is 610 g/mol. The molecule has 6 nitrogen and oxygen atoms in total. The van der Waals surface area contributed by atoms with E-state index >= 15 is 0 Å². The van der Waals surface area contributed by atoms with Crippen molar-refractivity contribution in [3.8, 4) is 0 Å². The predicted octanol–water partition coefficient (Wildman–Crippen LogP) is 5.34. The Morgan fingerprint density at radius 1 is 0.667 bits per heavy atom. The van der Waals surface area contributed by atoms with E-state index in [2.05, 4.69) is 31.9 Å². The molecular formula is C28H24Br2N2O4. The first-order valence-corrected chi connectivity index (χ1v) is 13.5. The summed E-state index contributed by atoms with van der Waals surface area (Å²) >= 11 is 7.03. The largest absolute Gasteiger partial charge is 0.274 e. The van der Waals surface area contributed by atoms with Crippen molar-refractivity contribution in [2.24, 2.45) is 35.0 Å². The lowest BCUT2D eigenvalue weighted by atomic mass is 9.46. The van der Waals surface area contributed by atoms with Gasteiger partial charge in [-0.15, -0.1) is 0 Å². The molecule has 1 saturated carbocycles. The highest BCUT2D eigenvalue weighted by molar-refractivity contribution is 9.11. The van der Waals surface area contributed by atoms with Gasteiger partial charge in [-0.25, -0.2) is 9.80 Å². The van der Waals surface area contributed by atoms with Gasteiger partial charge in [-0.3, -0.25) is 19.2 Å². The maximum Gasteiger partial charge on any atom is 0.238 e. The van der Waals surface area contributed by atoms with Crippen molar-refractivity contribution in [1.29, 1.82) is 0 Å². The fourth-order valence-electron chi connectivity index (χ4n) is 7.22. The lowest BCUT2D eigenvalue weighted by molar-refractivity contribution is -0.146. The Bertz CT molecular complexity index is 1350. The molecule has 2 aliphatic heterocycles. The second-order valence-electron chi connectivity index (χ2n) is 10.7. The summed E-state index contributed by atoms with van der Waals surface area (Å²) in [4.78, 5) is 58.3. The number of imide groups is 2. The van der Waals surface area contributed by atoms with Gasteiger partial charge in [0, 0.05) is 20.3 Å². The highest BCUT2D eigenvalue weighted by Gasteiger charge is 2.74. The summed E-state index contributed by atoms with van der Waals surface area (Å²) in [7, 11) is 0. The van der Waals surface area contributed by atoms with E-state index in [4.69, 9.17) is 0 Å². The quantitative estimate of drug-likeness (QED) is 0.340. The Kier molecular flexibility index (Phi) is 5.10. The number of carbonyl (C=O) groups is 4. The number of nitrogens with zero attached hydrogens (tertiary/aromatic N) is 2. The van der Waals surface area contributed by atoms with Gasteiger partial charge < -0.3 is 0 Å². The predicted molar refractivity (Wildman–Crippen MR) is 142 cm³/mol. The van der Waals surface area contributed by atoms with Crippen LogP contribution in [0.5, 0.6) is 0 Å². The highest BCUT2D eigenvalue weighted by atomic mass is 79.9. The number of halogens is 2. The third-order valence-corrected chi connectivity index (χ3v) is 9.84. The van der Waals surface area contributed by atoms with Crippen molar-refractivity contribution in [3.63, 3.8) is 0 Å². The van der Waals surface area contributed by atoms with Crippen LogP contribution in [0.3, 0.4) is 0 Å². The van der Waals surface area contributed by atoms with Crippen LogP contribution >= 0.6 is 31.9 Å². The molecule has 2 heterocycles. The summed E-state index contributed by atoms with van der Waals surface area (Å²) < 4.78 is 1.32. The van der Waals surface area contributed by atoms with Crippen LogP contribution in [0.4, 0.5) is 11.4 Å². The number of amides is 4. The van der Waals surface area contributed by atoms with Gasteiger partial charge in [0.2, 0.25) is 23.6 Å². The molecule has 2 aromatic rings. The van der Waals surface area contributed by atoms with Gasteiger partial charge in [0.1, 0.15) is 0 Å². The first-order valence-electron chi connectivity index (χ1n) is 11.9. The van der Waals surface area contributed by atoms with Crippen LogP contribution in [-0.4, -0.2) is 23.6 Å². The zero-order chi connectivity index (χ0) is 25.8. The zero-order valence-electron chi connectivity index (χ0n) is 20.2. The molecule has 8 heteroatoms. The average Bonchev–Trinajstić information content (AvgIpc) is 3.21. The Labute approximate surface area is 226 Å². The van der Waals surface area contributed by atoms with E-state index in [-0.39, 0.29) is 23.6 Å². The maximum absolute atomic E-state index is 13.9. The summed E-state index contributed by atoms with van der Waals surface area (Å²) in [6.07, 6.45) is 1.98. The van der Waals surface area contributed by atoms with Crippen LogP contribution in [0, 0.1) is 48.9 Å². The molecule has 0 radical (unpaired) electrons. The molecule has 2 saturated heterocycles. The van der Waals surface area contributed by atoms with E-state index in [9.17, 15) is 19.2 Å². The third-order valence-electron chi connectivity index (χ3n) is 8.57. The SMILES string of the molecule is CC1=CC2(C)C3C(=O)N(c4ccc(C)cc4Br)C(=O)[C@@H]3C1[C@@H]1C(=O)N(c3ccc(C)cc3Br)C(=O)[C@H]12. The van der Waals surface area contributed by atoms with E-state index in [0.717, 1.165) is 16.7 Å². The number of allylic oxidation sites excluding steroid dienone is 2. The minimum absolute atomic E-state index is 0.299. The van der Waals surface area contributed by atoms with Crippen molar-refractivity contribution < 1.29 is 19.2 Å². The topological polar surface area (TPSA) is 74.8 Å². The number of hydrogen-bond donors (Lipinski definition) is 0. The molecular weight excluding hydrogens is 588 g/mol. The van der Waals surface area contributed by atoms with Gasteiger partial charge >= 0.3 is 0 Å². The third kappa shape index (κ3) is 2.88. The van der Waals surface area contributed by atoms with Gasteiger partial charge in [0.25, 0.3) is 0 Å². The number of benzene rings is 2. The summed E-state index contributed by atoms with van der Waals surface area (Å²) in [6.45, 7) is 7.67. The van der Waals surface area contributed by atoms with Crippen molar-refractivity contribution in [2.75, 3.05) is 9.80 Å². The lowest BCUT2D eigenvalue weighted by Gasteiger charge is -2.53. The van der Waals surface area contributed by atoms with Crippen molar-refractivity contribution in [3.05, 3.63) is 68.1 Å². The van der Waals surface area contributed by atoms with Gasteiger partial charge in [-0.1, -0.05) is 30.7 Å². The first kappa shape index (κ1) is 23.8. The van der Waals surface area contributed by atoms with Crippen LogP contribution in [0.2, 0.25) is 0 Å². The van der Waals surface area contributed by atoms with Crippen molar-refractivity contribution >= 4 is 66.9 Å². The molecule has 0 spiro atoms. The van der Waals surface area contributed by atoms with Crippen LogP contribution in [0.25, 0.3) is 0 Å². The van der Waals surface area contributed by atoms with Crippen LogP contribution in [0.15, 0.2) is 57.0 Å². The zero-order valence-corrected chi connectivity index (χ0v) is 23.4. The Balaban J connectivity index is 1.48. The summed E-state index contributed by atoms with van der Waals surface area (Å²) in [5.74, 6) is -4.48. The molecule has 5 aliphatic rings. The van der Waals surface area contributed by atoms with Crippen molar-refractivity contribution in [2.45, 2.75) is 27.7 Å². The summed E-state index contributed by atoms with van der Waals surface area (Å²) in [6, 6.07) is 11.0. The van der Waals surface area contributed by atoms with Crippen LogP contribution < -0.4 is 9.80 Å².